The standard InChI is InChI=1S/C16H26O2S/c1-3-5-7-8-11-15-12-9-10-13-16(15)19(17,18)14-6-4-2/h9-10,12-13H,3-8,11,14H2,1-2H3. The Labute approximate surface area is 118 Å². The van der Waals surface area contributed by atoms with Crippen LogP contribution in [0.2, 0.25) is 0 Å². The molecule has 1 rings (SSSR count). The van der Waals surface area contributed by atoms with E-state index in [-0.39, 0.29) is 5.75 Å². The lowest BCUT2D eigenvalue weighted by Gasteiger charge is -2.10. The third kappa shape index (κ3) is 5.35. The number of aryl methyl sites for hydroxylation is 1. The Morgan fingerprint density at radius 2 is 1.58 bits per heavy atom. The molecule has 0 atom stereocenters. The topological polar surface area (TPSA) is 34.1 Å². The molecule has 0 unspecified atom stereocenters. The van der Waals surface area contributed by atoms with Crippen molar-refractivity contribution in [1.29, 1.82) is 0 Å². The van der Waals surface area contributed by atoms with Crippen molar-refractivity contribution in [3.8, 4) is 0 Å². The molecule has 0 saturated carbocycles. The Balaban J connectivity index is 2.77. The molecule has 0 aliphatic heterocycles. The predicted octanol–water partition coefficient (Wildman–Crippen LogP) is 4.38. The van der Waals surface area contributed by atoms with Crippen LogP contribution in [-0.2, 0) is 16.3 Å². The van der Waals surface area contributed by atoms with Gasteiger partial charge in [0, 0.05) is 0 Å². The van der Waals surface area contributed by atoms with Gasteiger partial charge >= 0.3 is 0 Å². The third-order valence-electron chi connectivity index (χ3n) is 3.37. The fraction of sp³-hybridized carbons (Fsp3) is 0.625. The van der Waals surface area contributed by atoms with Crippen molar-refractivity contribution in [3.05, 3.63) is 29.8 Å². The summed E-state index contributed by atoms with van der Waals surface area (Å²) in [5, 5.41) is 0. The summed E-state index contributed by atoms with van der Waals surface area (Å²) in [4.78, 5) is 0.556. The van der Waals surface area contributed by atoms with Gasteiger partial charge in [0.2, 0.25) is 0 Å². The van der Waals surface area contributed by atoms with Crippen molar-refractivity contribution in [2.45, 2.75) is 63.7 Å². The second-order valence-corrected chi connectivity index (χ2v) is 7.17. The molecule has 0 bridgehead atoms. The molecular weight excluding hydrogens is 256 g/mol. The fourth-order valence-corrected chi connectivity index (χ4v) is 3.94. The molecule has 0 fully saturated rings. The van der Waals surface area contributed by atoms with Crippen molar-refractivity contribution >= 4 is 9.84 Å². The van der Waals surface area contributed by atoms with E-state index in [2.05, 4.69) is 6.92 Å². The van der Waals surface area contributed by atoms with Gasteiger partial charge in [0.1, 0.15) is 0 Å². The third-order valence-corrected chi connectivity index (χ3v) is 5.27. The molecule has 0 spiro atoms. The number of hydrogen-bond acceptors (Lipinski definition) is 2. The zero-order valence-electron chi connectivity index (χ0n) is 12.2. The number of rotatable bonds is 9. The van der Waals surface area contributed by atoms with Crippen LogP contribution in [0.1, 0.15) is 57.9 Å². The van der Waals surface area contributed by atoms with E-state index in [0.29, 0.717) is 4.90 Å². The number of unbranched alkanes of at least 4 members (excludes halogenated alkanes) is 4. The molecule has 0 amide bonds. The van der Waals surface area contributed by atoms with Gasteiger partial charge in [-0.3, -0.25) is 0 Å². The monoisotopic (exact) mass is 282 g/mol. The second kappa shape index (κ2) is 8.36. The van der Waals surface area contributed by atoms with Gasteiger partial charge in [-0.25, -0.2) is 8.42 Å². The summed E-state index contributed by atoms with van der Waals surface area (Å²) >= 11 is 0. The molecule has 1 aromatic rings. The zero-order valence-corrected chi connectivity index (χ0v) is 13.0. The van der Waals surface area contributed by atoms with Crippen LogP contribution in [0.4, 0.5) is 0 Å². The minimum absolute atomic E-state index is 0.273. The summed E-state index contributed by atoms with van der Waals surface area (Å²) < 4.78 is 24.6. The van der Waals surface area contributed by atoms with Gasteiger partial charge in [-0.2, -0.15) is 0 Å². The first-order chi connectivity index (χ1) is 9.11. The highest BCUT2D eigenvalue weighted by Gasteiger charge is 2.17. The lowest BCUT2D eigenvalue weighted by Crippen LogP contribution is -2.09. The summed E-state index contributed by atoms with van der Waals surface area (Å²) in [6, 6.07) is 7.49. The largest absolute Gasteiger partial charge is 0.224 e. The van der Waals surface area contributed by atoms with Gasteiger partial charge in [-0.05, 0) is 30.9 Å². The predicted molar refractivity (Wildman–Crippen MR) is 81.2 cm³/mol. The van der Waals surface area contributed by atoms with Crippen molar-refractivity contribution in [2.24, 2.45) is 0 Å². The highest BCUT2D eigenvalue weighted by molar-refractivity contribution is 7.91. The summed E-state index contributed by atoms with van der Waals surface area (Å²) in [7, 11) is -3.10. The maximum absolute atomic E-state index is 12.3. The first-order valence-electron chi connectivity index (χ1n) is 7.42. The van der Waals surface area contributed by atoms with E-state index in [1.165, 1.54) is 19.3 Å². The molecule has 108 valence electrons. The second-order valence-electron chi connectivity index (χ2n) is 5.09. The van der Waals surface area contributed by atoms with Crippen LogP contribution in [-0.4, -0.2) is 14.2 Å². The molecule has 3 heteroatoms. The molecule has 0 N–H and O–H groups in total. The van der Waals surface area contributed by atoms with Crippen LogP contribution in [0.5, 0.6) is 0 Å². The minimum atomic E-state index is -3.10. The summed E-state index contributed by atoms with van der Waals surface area (Å²) in [5.41, 5.74) is 0.995. The Hall–Kier alpha value is -0.830. The van der Waals surface area contributed by atoms with Gasteiger partial charge < -0.3 is 0 Å². The molecular formula is C16H26O2S. The van der Waals surface area contributed by atoms with Crippen LogP contribution < -0.4 is 0 Å². The van der Waals surface area contributed by atoms with Crippen molar-refractivity contribution in [2.75, 3.05) is 5.75 Å². The smallest absolute Gasteiger partial charge is 0.178 e. The first kappa shape index (κ1) is 16.2. The Kier molecular flexibility index (Phi) is 7.14. The van der Waals surface area contributed by atoms with E-state index in [1.807, 2.05) is 25.1 Å². The molecule has 2 nitrogen and oxygen atoms in total. The van der Waals surface area contributed by atoms with Gasteiger partial charge in [-0.15, -0.1) is 0 Å². The normalized spacial score (nSPS) is 11.7. The molecule has 0 aromatic heterocycles. The number of sulfone groups is 1. The Morgan fingerprint density at radius 1 is 0.895 bits per heavy atom. The highest BCUT2D eigenvalue weighted by atomic mass is 32.2. The van der Waals surface area contributed by atoms with Crippen molar-refractivity contribution in [3.63, 3.8) is 0 Å². The molecule has 0 aliphatic carbocycles. The Bertz CT molecular complexity index is 463. The highest BCUT2D eigenvalue weighted by Crippen LogP contribution is 2.20. The van der Waals surface area contributed by atoms with Crippen LogP contribution >= 0.6 is 0 Å². The summed E-state index contributed by atoms with van der Waals surface area (Å²) in [6.07, 6.45) is 7.22. The molecule has 0 aliphatic rings. The minimum Gasteiger partial charge on any atom is -0.224 e. The lowest BCUT2D eigenvalue weighted by molar-refractivity contribution is 0.590. The van der Waals surface area contributed by atoms with Crippen LogP contribution in [0.3, 0.4) is 0 Å². The van der Waals surface area contributed by atoms with E-state index in [0.717, 1.165) is 31.2 Å². The number of hydrogen-bond donors (Lipinski definition) is 0. The molecule has 0 radical (unpaired) electrons. The average molecular weight is 282 g/mol. The summed E-state index contributed by atoms with van der Waals surface area (Å²) in [5.74, 6) is 0.273. The molecule has 0 heterocycles. The first-order valence-corrected chi connectivity index (χ1v) is 9.07. The van der Waals surface area contributed by atoms with Gasteiger partial charge in [0.05, 0.1) is 10.6 Å². The van der Waals surface area contributed by atoms with Gasteiger partial charge in [0.15, 0.2) is 9.84 Å². The quantitative estimate of drug-likeness (QED) is 0.630. The average Bonchev–Trinajstić information content (AvgIpc) is 2.42. The van der Waals surface area contributed by atoms with Gasteiger partial charge in [0.25, 0.3) is 0 Å². The van der Waals surface area contributed by atoms with E-state index < -0.39 is 9.84 Å². The van der Waals surface area contributed by atoms with E-state index in [1.54, 1.807) is 6.07 Å². The van der Waals surface area contributed by atoms with E-state index in [9.17, 15) is 8.42 Å². The number of benzene rings is 1. The lowest BCUT2D eigenvalue weighted by atomic mass is 10.1. The molecule has 1 aromatic carbocycles. The van der Waals surface area contributed by atoms with E-state index >= 15 is 0 Å². The SMILES string of the molecule is CCCCCCc1ccccc1S(=O)(=O)CCCC. The van der Waals surface area contributed by atoms with Crippen LogP contribution in [0.25, 0.3) is 0 Å². The molecule has 19 heavy (non-hydrogen) atoms. The Morgan fingerprint density at radius 3 is 2.26 bits per heavy atom. The zero-order chi connectivity index (χ0) is 14.1. The van der Waals surface area contributed by atoms with Crippen molar-refractivity contribution < 1.29 is 8.42 Å². The maximum atomic E-state index is 12.3. The van der Waals surface area contributed by atoms with Crippen molar-refractivity contribution in [1.82, 2.24) is 0 Å². The summed E-state index contributed by atoms with van der Waals surface area (Å²) in [6.45, 7) is 4.20. The van der Waals surface area contributed by atoms with Crippen LogP contribution in [0, 0.1) is 0 Å². The van der Waals surface area contributed by atoms with E-state index in [4.69, 9.17) is 0 Å². The maximum Gasteiger partial charge on any atom is 0.178 e. The fourth-order valence-electron chi connectivity index (χ4n) is 2.20. The molecule has 0 saturated heterocycles. The van der Waals surface area contributed by atoms with Gasteiger partial charge in [-0.1, -0.05) is 57.7 Å². The van der Waals surface area contributed by atoms with Crippen LogP contribution in [0.15, 0.2) is 29.2 Å².